The summed E-state index contributed by atoms with van der Waals surface area (Å²) in [6.45, 7) is 7.80. The highest BCUT2D eigenvalue weighted by atomic mass is 32.2. The maximum absolute atomic E-state index is 14.2. The Morgan fingerprint density at radius 3 is 2.56 bits per heavy atom. The molecule has 1 N–H and O–H groups in total. The number of halogens is 1. The minimum absolute atomic E-state index is 0.0256. The van der Waals surface area contributed by atoms with Crippen molar-refractivity contribution >= 4 is 28.0 Å². The average Bonchev–Trinajstić information content (AvgIpc) is 3.37. The van der Waals surface area contributed by atoms with E-state index in [2.05, 4.69) is 25.8 Å². The number of benzene rings is 1. The number of piperidine rings is 1. The van der Waals surface area contributed by atoms with Crippen LogP contribution in [0.1, 0.15) is 56.8 Å². The Hall–Kier alpha value is -3.12. The highest BCUT2D eigenvalue weighted by Crippen LogP contribution is 2.50. The van der Waals surface area contributed by atoms with Crippen molar-refractivity contribution in [2.75, 3.05) is 30.8 Å². The molecule has 222 valence electrons. The van der Waals surface area contributed by atoms with E-state index in [-0.39, 0.29) is 29.3 Å². The smallest absolute Gasteiger partial charge is 0.257 e. The Morgan fingerprint density at radius 1 is 1.22 bits per heavy atom. The van der Waals surface area contributed by atoms with Gasteiger partial charge in [-0.05, 0) is 70.6 Å². The third-order valence-corrected chi connectivity index (χ3v) is 9.11. The molecule has 10 nitrogen and oxygen atoms in total. The van der Waals surface area contributed by atoms with E-state index in [1.807, 2.05) is 20.8 Å². The minimum atomic E-state index is -3.17. The van der Waals surface area contributed by atoms with E-state index in [1.54, 1.807) is 11.1 Å². The number of anilines is 1. The number of hydrogen-bond donors (Lipinski definition) is 1. The Balaban J connectivity index is 1.21. The Kier molecular flexibility index (Phi) is 8.60. The van der Waals surface area contributed by atoms with Crippen molar-refractivity contribution in [2.24, 2.45) is 22.7 Å². The van der Waals surface area contributed by atoms with Crippen LogP contribution in [0.15, 0.2) is 35.7 Å². The number of nitrogens with zero attached hydrogens (tertiary/aromatic N) is 5. The molecule has 3 fully saturated rings. The molecule has 2 saturated carbocycles. The highest BCUT2D eigenvalue weighted by Gasteiger charge is 2.56. The minimum Gasteiger partial charge on any atom is -0.451 e. The third-order valence-electron chi connectivity index (χ3n) is 8.35. The van der Waals surface area contributed by atoms with Crippen molar-refractivity contribution in [3.8, 4) is 11.5 Å². The number of amides is 1. The summed E-state index contributed by atoms with van der Waals surface area (Å²) in [6.07, 6.45) is 9.90. The number of carbonyl (C=O) groups excluding carboxylic acids is 1. The van der Waals surface area contributed by atoms with E-state index >= 15 is 0 Å². The number of hydrogen-bond acceptors (Lipinski definition) is 8. The molecule has 12 heteroatoms. The summed E-state index contributed by atoms with van der Waals surface area (Å²) in [5, 5.41) is 0. The molecule has 0 bridgehead atoms. The molecule has 0 spiro atoms. The summed E-state index contributed by atoms with van der Waals surface area (Å²) in [5.74, 6) is 1.79. The molecule has 2 atom stereocenters. The third kappa shape index (κ3) is 6.86. The van der Waals surface area contributed by atoms with Crippen molar-refractivity contribution in [3.63, 3.8) is 0 Å². The van der Waals surface area contributed by atoms with Crippen molar-refractivity contribution < 1.29 is 22.3 Å². The van der Waals surface area contributed by atoms with E-state index in [0.717, 1.165) is 38.8 Å². The van der Waals surface area contributed by atoms with Gasteiger partial charge in [-0.1, -0.05) is 0 Å². The zero-order chi connectivity index (χ0) is 29.3. The Morgan fingerprint density at radius 2 is 1.93 bits per heavy atom. The van der Waals surface area contributed by atoms with Crippen LogP contribution in [0.3, 0.4) is 0 Å². The van der Waals surface area contributed by atoms with Crippen LogP contribution >= 0.6 is 0 Å². The molecule has 1 amide bonds. The lowest BCUT2D eigenvalue weighted by Crippen LogP contribution is -2.37. The fraction of sp³-hybridized carbons (Fsp3) is 0.586. The van der Waals surface area contributed by atoms with Gasteiger partial charge in [0.1, 0.15) is 17.9 Å². The van der Waals surface area contributed by atoms with Gasteiger partial charge in [0.15, 0.2) is 11.6 Å². The number of aliphatic imine (C=N–C) groups is 1. The van der Waals surface area contributed by atoms with Gasteiger partial charge in [-0.2, -0.15) is 0 Å². The van der Waals surface area contributed by atoms with Crippen LogP contribution in [0.2, 0.25) is 0 Å². The van der Waals surface area contributed by atoms with Gasteiger partial charge in [-0.15, -0.1) is 0 Å². The number of rotatable bonds is 10. The monoisotopic (exact) mass is 586 g/mol. The summed E-state index contributed by atoms with van der Waals surface area (Å²) in [6, 6.07) is 4.25. The first-order chi connectivity index (χ1) is 19.5. The SMILES string of the molecule is CCN(C(=O)c1cc(F)ccc1Oc1cncnc1N1CC2C(C1)C2N=CC1CCC(NS(C)(=O)=O)CC1)C(C)C. The lowest BCUT2D eigenvalue weighted by Gasteiger charge is -2.27. The van der Waals surface area contributed by atoms with Crippen LogP contribution in [0.25, 0.3) is 0 Å². The zero-order valence-electron chi connectivity index (χ0n) is 24.0. The van der Waals surface area contributed by atoms with Gasteiger partial charge in [0.25, 0.3) is 5.91 Å². The largest absolute Gasteiger partial charge is 0.451 e. The zero-order valence-corrected chi connectivity index (χ0v) is 24.8. The molecule has 2 aliphatic carbocycles. The fourth-order valence-electron chi connectivity index (χ4n) is 6.19. The van der Waals surface area contributed by atoms with E-state index < -0.39 is 15.8 Å². The second-order valence-corrected chi connectivity index (χ2v) is 13.4. The first-order valence-corrected chi connectivity index (χ1v) is 16.3. The maximum atomic E-state index is 14.2. The van der Waals surface area contributed by atoms with E-state index in [1.165, 1.54) is 30.8 Å². The van der Waals surface area contributed by atoms with E-state index in [0.29, 0.717) is 41.9 Å². The van der Waals surface area contributed by atoms with Gasteiger partial charge < -0.3 is 14.5 Å². The van der Waals surface area contributed by atoms with Crippen LogP contribution < -0.4 is 14.4 Å². The molecule has 1 aromatic carbocycles. The van der Waals surface area contributed by atoms with Crippen LogP contribution in [-0.2, 0) is 10.0 Å². The molecule has 5 rings (SSSR count). The van der Waals surface area contributed by atoms with Gasteiger partial charge in [0, 0.05) is 49.8 Å². The first-order valence-electron chi connectivity index (χ1n) is 14.4. The quantitative estimate of drug-likeness (QED) is 0.420. The van der Waals surface area contributed by atoms with E-state index in [4.69, 9.17) is 9.73 Å². The fourth-order valence-corrected chi connectivity index (χ4v) is 7.03. The normalized spacial score (nSPS) is 25.9. The molecule has 1 aromatic heterocycles. The summed E-state index contributed by atoms with van der Waals surface area (Å²) in [7, 11) is -3.17. The van der Waals surface area contributed by atoms with Crippen LogP contribution in [0, 0.1) is 23.6 Å². The number of ether oxygens (including phenoxy) is 1. The molecule has 0 radical (unpaired) electrons. The predicted octanol–water partition coefficient (Wildman–Crippen LogP) is 3.89. The second-order valence-electron chi connectivity index (χ2n) is 11.7. The van der Waals surface area contributed by atoms with Crippen molar-refractivity contribution in [2.45, 2.75) is 64.6 Å². The predicted molar refractivity (Wildman–Crippen MR) is 156 cm³/mol. The topological polar surface area (TPSA) is 117 Å². The molecule has 2 aromatic rings. The molecular weight excluding hydrogens is 547 g/mol. The lowest BCUT2D eigenvalue weighted by molar-refractivity contribution is 0.0713. The highest BCUT2D eigenvalue weighted by molar-refractivity contribution is 7.88. The number of nitrogens with one attached hydrogen (secondary N) is 1. The van der Waals surface area contributed by atoms with Gasteiger partial charge in [-0.25, -0.2) is 27.5 Å². The van der Waals surface area contributed by atoms with Gasteiger partial charge >= 0.3 is 0 Å². The van der Waals surface area contributed by atoms with E-state index in [9.17, 15) is 17.6 Å². The molecule has 1 aliphatic heterocycles. The lowest BCUT2D eigenvalue weighted by atomic mass is 9.87. The average molecular weight is 587 g/mol. The Bertz CT molecular complexity index is 1380. The Labute approximate surface area is 241 Å². The summed E-state index contributed by atoms with van der Waals surface area (Å²) in [5.41, 5.74) is 0.162. The first kappa shape index (κ1) is 29.4. The molecule has 1 saturated heterocycles. The molecule has 41 heavy (non-hydrogen) atoms. The summed E-state index contributed by atoms with van der Waals surface area (Å²) < 4.78 is 46.1. The van der Waals surface area contributed by atoms with Crippen molar-refractivity contribution in [1.29, 1.82) is 0 Å². The van der Waals surface area contributed by atoms with Crippen molar-refractivity contribution in [1.82, 2.24) is 19.6 Å². The number of carbonyl (C=O) groups is 1. The van der Waals surface area contributed by atoms with Crippen LogP contribution in [-0.4, -0.2) is 79.4 Å². The van der Waals surface area contributed by atoms with Gasteiger partial charge in [-0.3, -0.25) is 9.79 Å². The molecular formula is C29H39FN6O4S. The number of sulfonamides is 1. The van der Waals surface area contributed by atoms with Crippen LogP contribution in [0.5, 0.6) is 11.5 Å². The maximum Gasteiger partial charge on any atom is 0.257 e. The molecule has 2 unspecified atom stereocenters. The second kappa shape index (κ2) is 12.0. The summed E-state index contributed by atoms with van der Waals surface area (Å²) in [4.78, 5) is 30.6. The standard InChI is InChI=1S/C29H39FN6O4S/c1-5-36(18(2)3)29(37)22-12-20(30)8-11-25(22)40-26-14-31-17-33-28(26)35-15-23-24(16-35)27(23)32-13-19-6-9-21(10-7-19)34-41(4,38)39/h8,11-14,17-19,21,23-24,27,34H,5-7,9-10,15-16H2,1-4H3. The number of fused-ring (bicyclic) bond motifs is 1. The number of aromatic nitrogens is 2. The van der Waals surface area contributed by atoms with Crippen LogP contribution in [0.4, 0.5) is 10.2 Å². The molecule has 2 heterocycles. The molecule has 3 aliphatic rings. The van der Waals surface area contributed by atoms with Crippen molar-refractivity contribution in [3.05, 3.63) is 42.1 Å². The van der Waals surface area contributed by atoms with Gasteiger partial charge in [0.2, 0.25) is 10.0 Å². The summed E-state index contributed by atoms with van der Waals surface area (Å²) >= 11 is 0. The van der Waals surface area contributed by atoms with Gasteiger partial charge in [0.05, 0.1) is 24.1 Å².